The lowest BCUT2D eigenvalue weighted by molar-refractivity contribution is 0.419. The second-order valence-electron chi connectivity index (χ2n) is 4.70. The molecule has 0 radical (unpaired) electrons. The van der Waals surface area contributed by atoms with Crippen molar-refractivity contribution in [2.24, 2.45) is 0 Å². The van der Waals surface area contributed by atoms with Crippen molar-refractivity contribution in [1.82, 2.24) is 4.98 Å². The molecule has 0 saturated heterocycles. The third kappa shape index (κ3) is 2.65. The number of ether oxygens (including phenoxy) is 1. The molecule has 1 aromatic heterocycles. The lowest BCUT2D eigenvalue weighted by Gasteiger charge is -2.04. The SMILES string of the molecule is COc1ccc(C)c2sc(NS(=O)(=O)c3ccccc3)nc12. The molecular formula is C15H14N2O3S2. The van der Waals surface area contributed by atoms with Gasteiger partial charge in [0.25, 0.3) is 10.0 Å². The summed E-state index contributed by atoms with van der Waals surface area (Å²) in [6.07, 6.45) is 0. The minimum atomic E-state index is -3.64. The quantitative estimate of drug-likeness (QED) is 0.794. The molecule has 5 nitrogen and oxygen atoms in total. The average Bonchev–Trinajstić information content (AvgIpc) is 2.92. The molecule has 22 heavy (non-hydrogen) atoms. The smallest absolute Gasteiger partial charge is 0.263 e. The predicted molar refractivity (Wildman–Crippen MR) is 88.2 cm³/mol. The number of aryl methyl sites for hydroxylation is 1. The van der Waals surface area contributed by atoms with Crippen LogP contribution >= 0.6 is 11.3 Å². The number of anilines is 1. The van der Waals surface area contributed by atoms with Crippen LogP contribution in [-0.4, -0.2) is 20.5 Å². The van der Waals surface area contributed by atoms with Gasteiger partial charge in [-0.3, -0.25) is 4.72 Å². The first-order valence-corrected chi connectivity index (χ1v) is 8.83. The van der Waals surface area contributed by atoms with Gasteiger partial charge < -0.3 is 4.74 Å². The summed E-state index contributed by atoms with van der Waals surface area (Å²) in [4.78, 5) is 4.56. The van der Waals surface area contributed by atoms with Crippen molar-refractivity contribution >= 4 is 36.7 Å². The average molecular weight is 334 g/mol. The number of aromatic nitrogens is 1. The molecule has 7 heteroatoms. The molecule has 0 amide bonds. The van der Waals surface area contributed by atoms with Crippen LogP contribution in [0.4, 0.5) is 5.13 Å². The van der Waals surface area contributed by atoms with Gasteiger partial charge >= 0.3 is 0 Å². The Balaban J connectivity index is 2.03. The van der Waals surface area contributed by atoms with Gasteiger partial charge in [-0.05, 0) is 30.7 Å². The number of thiazole rings is 1. The van der Waals surface area contributed by atoms with E-state index in [4.69, 9.17) is 4.74 Å². The van der Waals surface area contributed by atoms with Crippen LogP contribution in [0.3, 0.4) is 0 Å². The summed E-state index contributed by atoms with van der Waals surface area (Å²) < 4.78 is 33.4. The Morgan fingerprint density at radius 1 is 1.14 bits per heavy atom. The summed E-state index contributed by atoms with van der Waals surface area (Å²) in [6, 6.07) is 12.0. The van der Waals surface area contributed by atoms with Gasteiger partial charge in [0.05, 0.1) is 16.7 Å². The van der Waals surface area contributed by atoms with Crippen LogP contribution in [0.25, 0.3) is 10.2 Å². The van der Waals surface area contributed by atoms with Gasteiger partial charge in [0, 0.05) is 0 Å². The normalized spacial score (nSPS) is 11.5. The first-order valence-electron chi connectivity index (χ1n) is 6.53. The monoisotopic (exact) mass is 334 g/mol. The summed E-state index contributed by atoms with van der Waals surface area (Å²) in [7, 11) is -2.07. The Morgan fingerprint density at radius 2 is 1.86 bits per heavy atom. The number of sulfonamides is 1. The molecule has 3 rings (SSSR count). The number of hydrogen-bond donors (Lipinski definition) is 1. The van der Waals surface area contributed by atoms with Gasteiger partial charge in [-0.2, -0.15) is 0 Å². The van der Waals surface area contributed by atoms with Crippen molar-refractivity contribution < 1.29 is 13.2 Å². The Morgan fingerprint density at radius 3 is 2.55 bits per heavy atom. The first kappa shape index (κ1) is 14.8. The number of fused-ring (bicyclic) bond motifs is 1. The number of rotatable bonds is 4. The number of hydrogen-bond acceptors (Lipinski definition) is 5. The van der Waals surface area contributed by atoms with Crippen LogP contribution in [0.5, 0.6) is 5.75 Å². The maximum absolute atomic E-state index is 12.3. The molecule has 0 saturated carbocycles. The minimum Gasteiger partial charge on any atom is -0.494 e. The highest BCUT2D eigenvalue weighted by atomic mass is 32.2. The molecule has 1 heterocycles. The third-order valence-electron chi connectivity index (χ3n) is 3.20. The predicted octanol–water partition coefficient (Wildman–Crippen LogP) is 3.41. The van der Waals surface area contributed by atoms with E-state index in [1.165, 1.54) is 11.3 Å². The molecule has 2 aromatic carbocycles. The highest BCUT2D eigenvalue weighted by Gasteiger charge is 2.18. The van der Waals surface area contributed by atoms with E-state index in [0.29, 0.717) is 16.4 Å². The van der Waals surface area contributed by atoms with Gasteiger partial charge in [0.15, 0.2) is 5.13 Å². The zero-order valence-electron chi connectivity index (χ0n) is 12.0. The summed E-state index contributed by atoms with van der Waals surface area (Å²) in [5, 5.41) is 0.325. The fourth-order valence-corrected chi connectivity index (χ4v) is 4.30. The van der Waals surface area contributed by atoms with Crippen molar-refractivity contribution in [3.63, 3.8) is 0 Å². The highest BCUT2D eigenvalue weighted by Crippen LogP contribution is 2.35. The van der Waals surface area contributed by atoms with E-state index >= 15 is 0 Å². The largest absolute Gasteiger partial charge is 0.494 e. The Labute approximate surface area is 132 Å². The Bertz CT molecular complexity index is 919. The summed E-state index contributed by atoms with van der Waals surface area (Å²) in [6.45, 7) is 1.95. The first-order chi connectivity index (χ1) is 10.5. The van der Waals surface area contributed by atoms with E-state index < -0.39 is 10.0 Å². The topological polar surface area (TPSA) is 68.3 Å². The lowest BCUT2D eigenvalue weighted by Crippen LogP contribution is -2.12. The second-order valence-corrected chi connectivity index (χ2v) is 7.38. The number of methoxy groups -OCH3 is 1. The van der Waals surface area contributed by atoms with Crippen LogP contribution in [-0.2, 0) is 10.0 Å². The van der Waals surface area contributed by atoms with E-state index in [-0.39, 0.29) is 4.90 Å². The van der Waals surface area contributed by atoms with Crippen LogP contribution in [0.1, 0.15) is 5.56 Å². The van der Waals surface area contributed by atoms with Crippen LogP contribution in [0.15, 0.2) is 47.4 Å². The van der Waals surface area contributed by atoms with Gasteiger partial charge in [-0.1, -0.05) is 35.6 Å². The molecule has 0 unspecified atom stereocenters. The maximum Gasteiger partial charge on any atom is 0.263 e. The Kier molecular flexibility index (Phi) is 3.76. The number of nitrogens with zero attached hydrogens (tertiary/aromatic N) is 1. The van der Waals surface area contributed by atoms with Crippen molar-refractivity contribution in [2.75, 3.05) is 11.8 Å². The molecule has 3 aromatic rings. The van der Waals surface area contributed by atoms with Crippen LogP contribution in [0, 0.1) is 6.92 Å². The summed E-state index contributed by atoms with van der Waals surface area (Å²) >= 11 is 1.29. The minimum absolute atomic E-state index is 0.206. The third-order valence-corrected chi connectivity index (χ3v) is 5.79. The van der Waals surface area contributed by atoms with E-state index in [1.807, 2.05) is 19.1 Å². The van der Waals surface area contributed by atoms with Crippen molar-refractivity contribution in [1.29, 1.82) is 0 Å². The van der Waals surface area contributed by atoms with Crippen LogP contribution < -0.4 is 9.46 Å². The summed E-state index contributed by atoms with van der Waals surface area (Å²) in [5.74, 6) is 0.627. The van der Waals surface area contributed by atoms with Crippen LogP contribution in [0.2, 0.25) is 0 Å². The van der Waals surface area contributed by atoms with Crippen molar-refractivity contribution in [3.8, 4) is 5.75 Å². The molecule has 0 aliphatic rings. The van der Waals surface area contributed by atoms with Crippen molar-refractivity contribution in [3.05, 3.63) is 48.0 Å². The van der Waals surface area contributed by atoms with E-state index in [0.717, 1.165) is 10.3 Å². The van der Waals surface area contributed by atoms with E-state index in [1.54, 1.807) is 37.4 Å². The molecule has 0 aliphatic heterocycles. The zero-order valence-corrected chi connectivity index (χ0v) is 13.7. The maximum atomic E-state index is 12.3. The van der Waals surface area contributed by atoms with Gasteiger partial charge in [0.2, 0.25) is 0 Å². The Hall–Kier alpha value is -2.12. The number of nitrogens with one attached hydrogen (secondary N) is 1. The van der Waals surface area contributed by atoms with E-state index in [9.17, 15) is 8.42 Å². The summed E-state index contributed by atoms with van der Waals surface area (Å²) in [5.41, 5.74) is 1.69. The fraction of sp³-hybridized carbons (Fsp3) is 0.133. The van der Waals surface area contributed by atoms with Gasteiger partial charge in [0.1, 0.15) is 11.3 Å². The molecule has 1 N–H and O–H groups in total. The number of benzene rings is 2. The lowest BCUT2D eigenvalue weighted by atomic mass is 10.2. The molecule has 114 valence electrons. The van der Waals surface area contributed by atoms with Gasteiger partial charge in [-0.15, -0.1) is 0 Å². The fourth-order valence-electron chi connectivity index (χ4n) is 2.09. The van der Waals surface area contributed by atoms with E-state index in [2.05, 4.69) is 9.71 Å². The molecule has 0 spiro atoms. The zero-order chi connectivity index (χ0) is 15.7. The molecule has 0 bridgehead atoms. The molecule has 0 aliphatic carbocycles. The molecule has 0 fully saturated rings. The highest BCUT2D eigenvalue weighted by molar-refractivity contribution is 7.93. The molecular weight excluding hydrogens is 320 g/mol. The van der Waals surface area contributed by atoms with Gasteiger partial charge in [-0.25, -0.2) is 13.4 Å². The second kappa shape index (κ2) is 5.58. The van der Waals surface area contributed by atoms with Crippen molar-refractivity contribution in [2.45, 2.75) is 11.8 Å². The standard InChI is InChI=1S/C15H14N2O3S2/c1-10-8-9-12(20-2)13-14(10)21-15(16-13)17-22(18,19)11-6-4-3-5-7-11/h3-9H,1-2H3,(H,16,17). The molecule has 0 atom stereocenters.